The number of nitrogens with zero attached hydrogens (tertiary/aromatic N) is 5. The molecule has 2 aromatic carbocycles. The summed E-state index contributed by atoms with van der Waals surface area (Å²) < 4.78 is 24.0. The van der Waals surface area contributed by atoms with Gasteiger partial charge in [0, 0.05) is 23.7 Å². The van der Waals surface area contributed by atoms with Crippen LogP contribution >= 0.6 is 22.9 Å². The van der Waals surface area contributed by atoms with Crippen molar-refractivity contribution in [1.29, 1.82) is 0 Å². The molecule has 6 nitrogen and oxygen atoms in total. The molecular weight excluding hydrogens is 413 g/mol. The number of benzene rings is 2. The van der Waals surface area contributed by atoms with Crippen LogP contribution in [0.4, 0.5) is 4.39 Å². The fourth-order valence-corrected chi connectivity index (χ4v) is 4.76. The van der Waals surface area contributed by atoms with Crippen LogP contribution in [0.2, 0.25) is 5.02 Å². The first kappa shape index (κ1) is 17.1. The molecule has 0 spiro atoms. The van der Waals surface area contributed by atoms with Gasteiger partial charge in [-0.05, 0) is 49.4 Å². The van der Waals surface area contributed by atoms with E-state index < -0.39 is 5.82 Å². The summed E-state index contributed by atoms with van der Waals surface area (Å²) >= 11 is 7.57. The zero-order valence-corrected chi connectivity index (χ0v) is 16.8. The van der Waals surface area contributed by atoms with E-state index in [1.807, 2.05) is 23.6 Å². The van der Waals surface area contributed by atoms with Gasteiger partial charge >= 0.3 is 0 Å². The summed E-state index contributed by atoms with van der Waals surface area (Å²) in [6.45, 7) is 2.84. The molecule has 0 bridgehead atoms. The molecule has 0 radical (unpaired) electrons. The number of hydrogen-bond acceptors (Lipinski definition) is 5. The van der Waals surface area contributed by atoms with Crippen LogP contribution in [0.15, 0.2) is 42.4 Å². The zero-order chi connectivity index (χ0) is 21.0. The average Bonchev–Trinajstić information content (AvgIpc) is 3.33. The van der Waals surface area contributed by atoms with Crippen molar-refractivity contribution < 1.29 is 10.6 Å². The van der Waals surface area contributed by atoms with Gasteiger partial charge in [-0.3, -0.25) is 4.79 Å². The summed E-state index contributed by atoms with van der Waals surface area (Å²) in [4.78, 5) is 19.3. The normalized spacial score (nSPS) is 16.7. The smallest absolute Gasteiger partial charge is 0.254 e. The van der Waals surface area contributed by atoms with Gasteiger partial charge in [-0.15, -0.1) is 21.5 Å². The first-order valence-electron chi connectivity index (χ1n) is 9.49. The van der Waals surface area contributed by atoms with Crippen molar-refractivity contribution >= 4 is 39.1 Å². The monoisotopic (exact) mass is 428 g/mol. The van der Waals surface area contributed by atoms with Gasteiger partial charge in [-0.25, -0.2) is 9.37 Å². The van der Waals surface area contributed by atoms with Crippen LogP contribution in [-0.2, 0) is 6.54 Å². The maximum Gasteiger partial charge on any atom is 0.254 e. The molecule has 0 saturated heterocycles. The van der Waals surface area contributed by atoms with Crippen LogP contribution in [0, 0.1) is 5.82 Å². The summed E-state index contributed by atoms with van der Waals surface area (Å²) in [5, 5.41) is 10.1. The Balaban J connectivity index is 1.47. The van der Waals surface area contributed by atoms with E-state index >= 15 is 0 Å². The van der Waals surface area contributed by atoms with E-state index in [2.05, 4.69) is 15.2 Å². The molecule has 0 aliphatic carbocycles. The standard InChI is InChI=1S/C20H15ClFN5OS/c1-11-17-24-25-18(19-23-15-7-4-13(21)10-16(15)29-19)27(17)9-8-26(11)20(28)12-2-5-14(22)6-3-12/h2-7,10-11H,8-9H2,1H3/t11-/m1/s1/i5D. The summed E-state index contributed by atoms with van der Waals surface area (Å²) in [5.41, 5.74) is 1.13. The second kappa shape index (κ2) is 6.89. The molecule has 1 aliphatic rings. The number of amides is 1. The molecule has 2 aromatic heterocycles. The van der Waals surface area contributed by atoms with Gasteiger partial charge in [0.15, 0.2) is 16.7 Å². The topological polar surface area (TPSA) is 63.9 Å². The minimum Gasteiger partial charge on any atom is -0.327 e. The zero-order valence-electron chi connectivity index (χ0n) is 16.3. The molecule has 1 amide bonds. The third-order valence-corrected chi connectivity index (χ3v) is 6.26. The van der Waals surface area contributed by atoms with Crippen molar-refractivity contribution in [1.82, 2.24) is 24.6 Å². The molecule has 4 aromatic rings. The third-order valence-electron chi connectivity index (χ3n) is 5.01. The molecule has 9 heteroatoms. The maximum absolute atomic E-state index is 13.4. The summed E-state index contributed by atoms with van der Waals surface area (Å²) in [6, 6.07) is 8.72. The Morgan fingerprint density at radius 1 is 1.28 bits per heavy atom. The summed E-state index contributed by atoms with van der Waals surface area (Å²) in [7, 11) is 0. The van der Waals surface area contributed by atoms with E-state index in [-0.39, 0.29) is 23.6 Å². The van der Waals surface area contributed by atoms with E-state index in [1.54, 1.807) is 11.0 Å². The van der Waals surface area contributed by atoms with Crippen molar-refractivity contribution in [3.05, 3.63) is 64.7 Å². The molecule has 0 saturated carbocycles. The number of carbonyl (C=O) groups is 1. The molecule has 0 unspecified atom stereocenters. The van der Waals surface area contributed by atoms with Crippen molar-refractivity contribution in [2.45, 2.75) is 19.5 Å². The van der Waals surface area contributed by atoms with Crippen LogP contribution in [-0.4, -0.2) is 37.1 Å². The molecule has 1 aliphatic heterocycles. The number of thiazole rings is 1. The SMILES string of the molecule is [2H]c1cc(C(=O)N2CCn3c(-c4nc5ccc(Cl)cc5s4)nnc3[C@H]2C)ccc1F. The molecule has 0 N–H and O–H groups in total. The summed E-state index contributed by atoms with van der Waals surface area (Å²) in [6.07, 6.45) is 0. The maximum atomic E-state index is 13.4. The lowest BCUT2D eigenvalue weighted by Gasteiger charge is -2.33. The van der Waals surface area contributed by atoms with E-state index in [1.165, 1.54) is 23.5 Å². The lowest BCUT2D eigenvalue weighted by atomic mass is 10.1. The first-order valence-corrected chi connectivity index (χ1v) is 10.2. The lowest BCUT2D eigenvalue weighted by Crippen LogP contribution is -2.41. The first-order chi connectivity index (χ1) is 14.4. The molecule has 0 fully saturated rings. The van der Waals surface area contributed by atoms with Crippen molar-refractivity contribution in [3.8, 4) is 10.8 Å². The van der Waals surface area contributed by atoms with E-state index in [9.17, 15) is 9.18 Å². The van der Waals surface area contributed by atoms with Crippen molar-refractivity contribution in [2.75, 3.05) is 6.54 Å². The highest BCUT2D eigenvalue weighted by molar-refractivity contribution is 7.21. The molecular formula is C20H15ClFN5OS. The number of rotatable bonds is 2. The Morgan fingerprint density at radius 3 is 2.97 bits per heavy atom. The predicted molar refractivity (Wildman–Crippen MR) is 109 cm³/mol. The number of carbonyl (C=O) groups excluding carboxylic acids is 1. The Labute approximate surface area is 176 Å². The Kier molecular flexibility index (Phi) is 4.05. The quantitative estimate of drug-likeness (QED) is 0.469. The number of fused-ring (bicyclic) bond motifs is 2. The van der Waals surface area contributed by atoms with Gasteiger partial charge in [-0.2, -0.15) is 0 Å². The highest BCUT2D eigenvalue weighted by Gasteiger charge is 2.32. The van der Waals surface area contributed by atoms with Gasteiger partial charge < -0.3 is 9.47 Å². The molecule has 3 heterocycles. The Bertz CT molecular complexity index is 1310. The van der Waals surface area contributed by atoms with Crippen molar-refractivity contribution in [2.24, 2.45) is 0 Å². The van der Waals surface area contributed by atoms with Crippen molar-refractivity contribution in [3.63, 3.8) is 0 Å². The molecule has 1 atom stereocenters. The van der Waals surface area contributed by atoms with Gasteiger partial charge in [0.05, 0.1) is 17.6 Å². The highest BCUT2D eigenvalue weighted by atomic mass is 35.5. The van der Waals surface area contributed by atoms with Crippen LogP contribution in [0.3, 0.4) is 0 Å². The lowest BCUT2D eigenvalue weighted by molar-refractivity contribution is 0.0638. The minimum absolute atomic E-state index is 0.263. The fourth-order valence-electron chi connectivity index (χ4n) is 3.52. The second-order valence-corrected chi connectivity index (χ2v) is 8.23. The second-order valence-electron chi connectivity index (χ2n) is 6.76. The molecule has 29 heavy (non-hydrogen) atoms. The molecule has 5 rings (SSSR count). The van der Waals surface area contributed by atoms with Crippen LogP contribution < -0.4 is 0 Å². The van der Waals surface area contributed by atoms with E-state index in [4.69, 9.17) is 13.0 Å². The Hall–Kier alpha value is -2.84. The van der Waals surface area contributed by atoms with Gasteiger partial charge in [0.25, 0.3) is 5.91 Å². The van der Waals surface area contributed by atoms with E-state index in [0.29, 0.717) is 29.8 Å². The number of aromatic nitrogens is 4. The van der Waals surface area contributed by atoms with Gasteiger partial charge in [0.2, 0.25) is 0 Å². The number of halogens is 2. The predicted octanol–water partition coefficient (Wildman–Crippen LogP) is 4.56. The van der Waals surface area contributed by atoms with Gasteiger partial charge in [0.1, 0.15) is 5.82 Å². The fraction of sp³-hybridized carbons (Fsp3) is 0.200. The van der Waals surface area contributed by atoms with Crippen LogP contribution in [0.5, 0.6) is 0 Å². The minimum atomic E-state index is -0.653. The van der Waals surface area contributed by atoms with E-state index in [0.717, 1.165) is 21.3 Å². The van der Waals surface area contributed by atoms with Gasteiger partial charge in [-0.1, -0.05) is 11.6 Å². The Morgan fingerprint density at radius 2 is 2.14 bits per heavy atom. The largest absolute Gasteiger partial charge is 0.327 e. The average molecular weight is 429 g/mol. The third kappa shape index (κ3) is 3.08. The highest BCUT2D eigenvalue weighted by Crippen LogP contribution is 2.34. The van der Waals surface area contributed by atoms with Crippen LogP contribution in [0.25, 0.3) is 21.0 Å². The summed E-state index contributed by atoms with van der Waals surface area (Å²) in [5.74, 6) is 0.410. The van der Waals surface area contributed by atoms with Crippen LogP contribution in [0.1, 0.15) is 30.5 Å². The number of hydrogen-bond donors (Lipinski definition) is 0. The molecule has 146 valence electrons.